The van der Waals surface area contributed by atoms with Gasteiger partial charge in [0, 0.05) is 5.41 Å². The van der Waals surface area contributed by atoms with Crippen LogP contribution in [0.1, 0.15) is 38.8 Å². The van der Waals surface area contributed by atoms with Crippen LogP contribution in [0, 0.1) is 0 Å². The van der Waals surface area contributed by atoms with Crippen LogP contribution in [0.5, 0.6) is 0 Å². The second-order valence-electron chi connectivity index (χ2n) is 6.26. The summed E-state index contributed by atoms with van der Waals surface area (Å²) in [5.41, 5.74) is 8.37. The molecule has 0 saturated carbocycles. The van der Waals surface area contributed by atoms with Crippen LogP contribution in [0.15, 0.2) is 72.8 Å². The van der Waals surface area contributed by atoms with E-state index in [4.69, 9.17) is 0 Å². The minimum atomic E-state index is 0.0539. The molecule has 0 nitrogen and oxygen atoms in total. The van der Waals surface area contributed by atoms with Crippen molar-refractivity contribution in [3.05, 3.63) is 83.9 Å². The fourth-order valence-electron chi connectivity index (χ4n) is 3.71. The molecule has 0 aromatic heterocycles. The maximum atomic E-state index is 2.34. The largest absolute Gasteiger partial charge is 0.0683 e. The number of fused-ring (bicyclic) bond motifs is 3. The van der Waals surface area contributed by atoms with Gasteiger partial charge in [-0.15, -0.1) is 0 Å². The van der Waals surface area contributed by atoms with Crippen LogP contribution in [0.25, 0.3) is 22.3 Å². The van der Waals surface area contributed by atoms with Crippen molar-refractivity contribution in [1.82, 2.24) is 0 Å². The van der Waals surface area contributed by atoms with Gasteiger partial charge >= 0.3 is 0 Å². The quantitative estimate of drug-likeness (QED) is 0.470. The summed E-state index contributed by atoms with van der Waals surface area (Å²) >= 11 is 0. The van der Waals surface area contributed by atoms with Gasteiger partial charge in [0.2, 0.25) is 0 Å². The highest BCUT2D eigenvalue weighted by Gasteiger charge is 2.36. The highest BCUT2D eigenvalue weighted by Crippen LogP contribution is 2.51. The SMILES string of the molecule is CC.CC1(C)c2ccccc2-c2cccc(-c3ccccc3)c21. The van der Waals surface area contributed by atoms with Crippen LogP contribution in [-0.4, -0.2) is 0 Å². The lowest BCUT2D eigenvalue weighted by molar-refractivity contribution is 0.662. The third-order valence-electron chi connectivity index (χ3n) is 4.66. The Balaban J connectivity index is 0.000000753. The molecule has 4 rings (SSSR count). The van der Waals surface area contributed by atoms with E-state index < -0.39 is 0 Å². The molecule has 116 valence electrons. The molecule has 23 heavy (non-hydrogen) atoms. The van der Waals surface area contributed by atoms with E-state index in [1.807, 2.05) is 13.8 Å². The molecule has 0 heterocycles. The topological polar surface area (TPSA) is 0 Å². The Morgan fingerprint density at radius 3 is 1.87 bits per heavy atom. The van der Waals surface area contributed by atoms with Crippen LogP contribution >= 0.6 is 0 Å². The lowest BCUT2D eigenvalue weighted by atomic mass is 9.79. The Bertz CT molecular complexity index is 810. The standard InChI is InChI=1S/C21H18.C2H6/c1-21(2)19-14-7-6-11-17(19)18-13-8-12-16(20(18)21)15-9-4-3-5-10-15;1-2/h3-14H,1-2H3;1-2H3. The number of benzene rings is 3. The molecule has 0 N–H and O–H groups in total. The lowest BCUT2D eigenvalue weighted by Crippen LogP contribution is -2.16. The first-order valence-electron chi connectivity index (χ1n) is 8.48. The van der Waals surface area contributed by atoms with Gasteiger partial charge in [0.1, 0.15) is 0 Å². The highest BCUT2D eigenvalue weighted by molar-refractivity contribution is 5.87. The molecule has 1 aliphatic rings. The van der Waals surface area contributed by atoms with E-state index in [0.29, 0.717) is 0 Å². The van der Waals surface area contributed by atoms with Gasteiger partial charge in [-0.05, 0) is 33.4 Å². The van der Waals surface area contributed by atoms with Crippen molar-refractivity contribution < 1.29 is 0 Å². The summed E-state index contributed by atoms with van der Waals surface area (Å²) in [6.45, 7) is 8.67. The van der Waals surface area contributed by atoms with Crippen molar-refractivity contribution in [2.75, 3.05) is 0 Å². The average molecular weight is 300 g/mol. The molecule has 3 aromatic carbocycles. The summed E-state index contributed by atoms with van der Waals surface area (Å²) in [4.78, 5) is 0. The Morgan fingerprint density at radius 2 is 1.13 bits per heavy atom. The molecule has 0 unspecified atom stereocenters. The molecule has 0 radical (unpaired) electrons. The summed E-state index contributed by atoms with van der Waals surface area (Å²) in [7, 11) is 0. The van der Waals surface area contributed by atoms with E-state index in [0.717, 1.165) is 0 Å². The van der Waals surface area contributed by atoms with Gasteiger partial charge < -0.3 is 0 Å². The van der Waals surface area contributed by atoms with Gasteiger partial charge in [0.05, 0.1) is 0 Å². The normalized spacial score (nSPS) is 13.6. The van der Waals surface area contributed by atoms with Gasteiger partial charge in [0.15, 0.2) is 0 Å². The third-order valence-corrected chi connectivity index (χ3v) is 4.66. The van der Waals surface area contributed by atoms with E-state index >= 15 is 0 Å². The maximum Gasteiger partial charge on any atom is 0.0165 e. The van der Waals surface area contributed by atoms with Gasteiger partial charge in [-0.2, -0.15) is 0 Å². The van der Waals surface area contributed by atoms with Crippen LogP contribution in [-0.2, 0) is 5.41 Å². The molecule has 0 fully saturated rings. The van der Waals surface area contributed by atoms with Crippen molar-refractivity contribution in [3.8, 4) is 22.3 Å². The van der Waals surface area contributed by atoms with Crippen LogP contribution in [0.4, 0.5) is 0 Å². The molecule has 0 spiro atoms. The van der Waals surface area contributed by atoms with Crippen molar-refractivity contribution >= 4 is 0 Å². The van der Waals surface area contributed by atoms with Crippen molar-refractivity contribution in [2.24, 2.45) is 0 Å². The third kappa shape index (κ3) is 2.39. The Hall–Kier alpha value is -2.34. The molecular weight excluding hydrogens is 276 g/mol. The molecule has 0 amide bonds. The zero-order valence-corrected chi connectivity index (χ0v) is 14.4. The van der Waals surface area contributed by atoms with Crippen molar-refractivity contribution in [1.29, 1.82) is 0 Å². The fourth-order valence-corrected chi connectivity index (χ4v) is 3.71. The molecule has 0 atom stereocenters. The number of hydrogen-bond donors (Lipinski definition) is 0. The van der Waals surface area contributed by atoms with E-state index in [1.54, 1.807) is 0 Å². The summed E-state index contributed by atoms with van der Waals surface area (Å²) in [5, 5.41) is 0. The predicted octanol–water partition coefficient (Wildman–Crippen LogP) is 6.69. The second kappa shape index (κ2) is 6.04. The smallest absolute Gasteiger partial charge is 0.0165 e. The summed E-state index contributed by atoms with van der Waals surface area (Å²) in [6.07, 6.45) is 0. The van der Waals surface area contributed by atoms with E-state index in [1.165, 1.54) is 33.4 Å². The molecule has 0 heteroatoms. The molecule has 3 aromatic rings. The first-order chi connectivity index (χ1) is 11.2. The first kappa shape index (κ1) is 15.6. The number of hydrogen-bond acceptors (Lipinski definition) is 0. The van der Waals surface area contributed by atoms with Crippen molar-refractivity contribution in [3.63, 3.8) is 0 Å². The van der Waals surface area contributed by atoms with E-state index in [2.05, 4.69) is 86.6 Å². The first-order valence-corrected chi connectivity index (χ1v) is 8.48. The minimum absolute atomic E-state index is 0.0539. The maximum absolute atomic E-state index is 2.34. The summed E-state index contributed by atoms with van der Waals surface area (Å²) in [6, 6.07) is 26.2. The Labute approximate surface area is 139 Å². The summed E-state index contributed by atoms with van der Waals surface area (Å²) < 4.78 is 0. The summed E-state index contributed by atoms with van der Waals surface area (Å²) in [5.74, 6) is 0. The molecular formula is C23H24. The van der Waals surface area contributed by atoms with Gasteiger partial charge in [-0.3, -0.25) is 0 Å². The van der Waals surface area contributed by atoms with Crippen LogP contribution in [0.2, 0.25) is 0 Å². The van der Waals surface area contributed by atoms with Crippen molar-refractivity contribution in [2.45, 2.75) is 33.1 Å². The zero-order chi connectivity index (χ0) is 16.4. The van der Waals surface area contributed by atoms with Crippen LogP contribution in [0.3, 0.4) is 0 Å². The molecule has 0 bridgehead atoms. The zero-order valence-electron chi connectivity index (χ0n) is 14.4. The predicted molar refractivity (Wildman–Crippen MR) is 101 cm³/mol. The number of rotatable bonds is 1. The molecule has 0 saturated heterocycles. The lowest BCUT2D eigenvalue weighted by Gasteiger charge is -2.24. The minimum Gasteiger partial charge on any atom is -0.0683 e. The average Bonchev–Trinajstić information content (AvgIpc) is 2.86. The van der Waals surface area contributed by atoms with Gasteiger partial charge in [0.25, 0.3) is 0 Å². The Kier molecular flexibility index (Phi) is 4.09. The van der Waals surface area contributed by atoms with Gasteiger partial charge in [-0.25, -0.2) is 0 Å². The molecule has 1 aliphatic carbocycles. The van der Waals surface area contributed by atoms with E-state index in [-0.39, 0.29) is 5.41 Å². The van der Waals surface area contributed by atoms with Gasteiger partial charge in [-0.1, -0.05) is 100 Å². The van der Waals surface area contributed by atoms with Crippen LogP contribution < -0.4 is 0 Å². The second-order valence-corrected chi connectivity index (χ2v) is 6.26. The fraction of sp³-hybridized carbons (Fsp3) is 0.217. The monoisotopic (exact) mass is 300 g/mol. The Morgan fingerprint density at radius 1 is 0.565 bits per heavy atom. The highest BCUT2D eigenvalue weighted by atomic mass is 14.4. The molecule has 0 aliphatic heterocycles. The van der Waals surface area contributed by atoms with E-state index in [9.17, 15) is 0 Å².